The van der Waals surface area contributed by atoms with E-state index in [9.17, 15) is 19.2 Å². The fourth-order valence-electron chi connectivity index (χ4n) is 6.14. The Labute approximate surface area is 310 Å². The molecule has 0 radical (unpaired) electrons. The van der Waals surface area contributed by atoms with Gasteiger partial charge in [0.15, 0.2) is 23.1 Å². The number of halogens is 12. The smallest absolute Gasteiger partial charge is 0.411 e. The molecule has 4 amide bonds. The molecule has 2 aliphatic heterocycles. The predicted octanol–water partition coefficient (Wildman–Crippen LogP) is 8.99. The standard InChI is InChI=1S/C37H18F12N2O6/c1-15-27(38)25(29(40)31(42)33(15)56-19-7-3-17(4-8-19)50-21(52)11-12-22(50)53)35(36(44,45)46,37(47,48)49)26-28(39)16(2)34(32(43)30(26)41)57-20-9-5-18(6-10-20)51-23(54)13-14-24(51)55/h3-14H,1-2H3. The summed E-state index contributed by atoms with van der Waals surface area (Å²) in [7, 11) is 0. The minimum atomic E-state index is -7.19. The molecule has 0 N–H and O–H groups in total. The van der Waals surface area contributed by atoms with Crippen LogP contribution in [0.5, 0.6) is 23.0 Å². The fourth-order valence-corrected chi connectivity index (χ4v) is 6.14. The molecule has 2 aliphatic rings. The van der Waals surface area contributed by atoms with Crippen LogP contribution in [-0.2, 0) is 24.6 Å². The molecule has 296 valence electrons. The Hall–Kier alpha value is -6.60. The van der Waals surface area contributed by atoms with E-state index in [1.54, 1.807) is 0 Å². The van der Waals surface area contributed by atoms with Gasteiger partial charge in [0, 0.05) is 35.4 Å². The second kappa shape index (κ2) is 13.9. The molecule has 0 spiro atoms. The van der Waals surface area contributed by atoms with E-state index in [-0.39, 0.29) is 11.4 Å². The zero-order valence-corrected chi connectivity index (χ0v) is 28.3. The van der Waals surface area contributed by atoms with Gasteiger partial charge in [-0.25, -0.2) is 27.4 Å². The van der Waals surface area contributed by atoms with Crippen molar-refractivity contribution in [3.05, 3.63) is 130 Å². The van der Waals surface area contributed by atoms with E-state index < -0.39 is 122 Å². The first-order valence-corrected chi connectivity index (χ1v) is 15.7. The number of amides is 4. The van der Waals surface area contributed by atoms with Gasteiger partial charge in [-0.3, -0.25) is 19.2 Å². The third-order valence-corrected chi connectivity index (χ3v) is 8.85. The van der Waals surface area contributed by atoms with Crippen molar-refractivity contribution in [1.82, 2.24) is 0 Å². The van der Waals surface area contributed by atoms with Crippen LogP contribution >= 0.6 is 0 Å². The SMILES string of the molecule is Cc1c(F)c(C(c2c(F)c(C)c(Oc3ccc(N4C(=O)C=CC4=O)cc3)c(F)c2F)(C(F)(F)F)C(F)(F)F)c(F)c(F)c1Oc1ccc(N2C(=O)C=CC2=O)cc1. The molecule has 8 nitrogen and oxygen atoms in total. The average molecular weight is 815 g/mol. The zero-order chi connectivity index (χ0) is 42.1. The quantitative estimate of drug-likeness (QED) is 0.100. The predicted molar refractivity (Wildman–Crippen MR) is 171 cm³/mol. The summed E-state index contributed by atoms with van der Waals surface area (Å²) in [4.78, 5) is 49.0. The number of hydrogen-bond donors (Lipinski definition) is 0. The van der Waals surface area contributed by atoms with Crippen LogP contribution in [0.2, 0.25) is 0 Å². The molecule has 0 unspecified atom stereocenters. The number of ether oxygens (including phenoxy) is 2. The van der Waals surface area contributed by atoms with Crippen LogP contribution in [0.15, 0.2) is 72.8 Å². The Balaban J connectivity index is 1.47. The van der Waals surface area contributed by atoms with Crippen LogP contribution in [-0.4, -0.2) is 36.0 Å². The van der Waals surface area contributed by atoms with Crippen molar-refractivity contribution in [3.8, 4) is 23.0 Å². The Morgan fingerprint density at radius 3 is 0.982 bits per heavy atom. The number of alkyl halides is 6. The third kappa shape index (κ3) is 6.24. The van der Waals surface area contributed by atoms with Gasteiger partial charge in [0.25, 0.3) is 23.6 Å². The molecule has 0 fully saturated rings. The molecule has 0 saturated carbocycles. The van der Waals surface area contributed by atoms with Crippen LogP contribution in [0.4, 0.5) is 64.1 Å². The van der Waals surface area contributed by atoms with Crippen LogP contribution in [0, 0.1) is 48.8 Å². The maximum absolute atomic E-state index is 16.0. The number of benzene rings is 4. The first-order valence-electron chi connectivity index (χ1n) is 15.7. The van der Waals surface area contributed by atoms with Crippen LogP contribution < -0.4 is 19.3 Å². The van der Waals surface area contributed by atoms with Crippen LogP contribution in [0.1, 0.15) is 22.3 Å². The Bertz CT molecular complexity index is 2190. The van der Waals surface area contributed by atoms with Gasteiger partial charge < -0.3 is 9.47 Å². The lowest BCUT2D eigenvalue weighted by Crippen LogP contribution is -2.57. The highest BCUT2D eigenvalue weighted by atomic mass is 19.4. The molecule has 2 heterocycles. The summed E-state index contributed by atoms with van der Waals surface area (Å²) >= 11 is 0. The second-order valence-corrected chi connectivity index (χ2v) is 12.2. The summed E-state index contributed by atoms with van der Waals surface area (Å²) in [6.07, 6.45) is -10.7. The Kier molecular flexibility index (Phi) is 9.74. The lowest BCUT2D eigenvalue weighted by atomic mass is 9.70. The van der Waals surface area contributed by atoms with E-state index in [1.807, 2.05) is 0 Å². The summed E-state index contributed by atoms with van der Waals surface area (Å²) in [6, 6.07) is 7.56. The first kappa shape index (κ1) is 40.1. The molecule has 0 atom stereocenters. The number of carbonyl (C=O) groups is 4. The van der Waals surface area contributed by atoms with Gasteiger partial charge in [0.05, 0.1) is 22.5 Å². The van der Waals surface area contributed by atoms with E-state index in [2.05, 4.69) is 0 Å². The van der Waals surface area contributed by atoms with Gasteiger partial charge in [0.2, 0.25) is 17.0 Å². The van der Waals surface area contributed by atoms with Gasteiger partial charge in [0.1, 0.15) is 23.1 Å². The number of carbonyl (C=O) groups excluding carboxylic acids is 4. The lowest BCUT2D eigenvalue weighted by molar-refractivity contribution is -0.291. The topological polar surface area (TPSA) is 93.2 Å². The molecule has 4 aromatic rings. The third-order valence-electron chi connectivity index (χ3n) is 8.85. The summed E-state index contributed by atoms with van der Waals surface area (Å²) in [6.45, 7) is 0.700. The Morgan fingerprint density at radius 1 is 0.439 bits per heavy atom. The highest BCUT2D eigenvalue weighted by Gasteiger charge is 2.77. The van der Waals surface area contributed by atoms with Crippen molar-refractivity contribution in [2.24, 2.45) is 0 Å². The van der Waals surface area contributed by atoms with Gasteiger partial charge in [-0.2, -0.15) is 35.1 Å². The zero-order valence-electron chi connectivity index (χ0n) is 28.3. The number of rotatable bonds is 8. The van der Waals surface area contributed by atoms with E-state index in [1.165, 1.54) is 0 Å². The molecule has 0 aliphatic carbocycles. The summed E-state index contributed by atoms with van der Waals surface area (Å²) in [5, 5.41) is 0. The molecule has 20 heteroatoms. The molecular weight excluding hydrogens is 796 g/mol. The first-order chi connectivity index (χ1) is 26.5. The average Bonchev–Trinajstić information content (AvgIpc) is 3.67. The molecule has 6 rings (SSSR count). The highest BCUT2D eigenvalue weighted by Crippen LogP contribution is 2.60. The monoisotopic (exact) mass is 814 g/mol. The van der Waals surface area contributed by atoms with Crippen molar-refractivity contribution in [2.45, 2.75) is 31.6 Å². The summed E-state index contributed by atoms with van der Waals surface area (Å²) in [5.41, 5.74) is -16.5. The summed E-state index contributed by atoms with van der Waals surface area (Å²) < 4.78 is 195. The fraction of sp³-hybridized carbons (Fsp3) is 0.135. The molecule has 0 bridgehead atoms. The van der Waals surface area contributed by atoms with E-state index in [0.29, 0.717) is 23.6 Å². The van der Waals surface area contributed by atoms with E-state index >= 15 is 52.7 Å². The van der Waals surface area contributed by atoms with E-state index in [0.717, 1.165) is 72.8 Å². The second-order valence-electron chi connectivity index (χ2n) is 12.2. The lowest BCUT2D eigenvalue weighted by Gasteiger charge is -2.39. The number of nitrogens with zero attached hydrogens (tertiary/aromatic N) is 2. The minimum Gasteiger partial charge on any atom is -0.454 e. The number of anilines is 2. The van der Waals surface area contributed by atoms with Crippen molar-refractivity contribution in [3.63, 3.8) is 0 Å². The largest absolute Gasteiger partial charge is 0.454 e. The molecule has 57 heavy (non-hydrogen) atoms. The summed E-state index contributed by atoms with van der Waals surface area (Å²) in [5.74, 6) is -25.2. The Morgan fingerprint density at radius 2 is 0.719 bits per heavy atom. The molecular formula is C37H18F12N2O6. The van der Waals surface area contributed by atoms with Gasteiger partial charge in [-0.1, -0.05) is 0 Å². The van der Waals surface area contributed by atoms with Crippen molar-refractivity contribution in [2.75, 3.05) is 9.80 Å². The minimum absolute atomic E-state index is 0.0982. The van der Waals surface area contributed by atoms with E-state index in [4.69, 9.17) is 9.47 Å². The maximum Gasteiger partial charge on any atom is 0.411 e. The van der Waals surface area contributed by atoms with Gasteiger partial charge >= 0.3 is 12.4 Å². The normalized spacial score (nSPS) is 14.8. The maximum atomic E-state index is 16.0. The van der Waals surface area contributed by atoms with Crippen molar-refractivity contribution in [1.29, 1.82) is 0 Å². The van der Waals surface area contributed by atoms with Crippen LogP contribution in [0.25, 0.3) is 0 Å². The molecule has 0 aromatic heterocycles. The molecule has 4 aromatic carbocycles. The van der Waals surface area contributed by atoms with Crippen LogP contribution in [0.3, 0.4) is 0 Å². The number of hydrogen-bond acceptors (Lipinski definition) is 6. The number of imide groups is 2. The van der Waals surface area contributed by atoms with Crippen molar-refractivity contribution < 1.29 is 81.3 Å². The highest BCUT2D eigenvalue weighted by molar-refractivity contribution is 6.28. The van der Waals surface area contributed by atoms with Gasteiger partial charge in [-0.05, 0) is 62.4 Å². The van der Waals surface area contributed by atoms with Crippen molar-refractivity contribution >= 4 is 35.0 Å². The van der Waals surface area contributed by atoms with Gasteiger partial charge in [-0.15, -0.1) is 0 Å². The molecule has 0 saturated heterocycles.